The molecule has 0 bridgehead atoms. The molecule has 1 rings (SSSR count). The number of hydrogen-bond acceptors (Lipinski definition) is 2. The van der Waals surface area contributed by atoms with Gasteiger partial charge < -0.3 is 0 Å². The van der Waals surface area contributed by atoms with Gasteiger partial charge >= 0.3 is 0 Å². The van der Waals surface area contributed by atoms with E-state index in [1.807, 2.05) is 0 Å². The fourth-order valence-electron chi connectivity index (χ4n) is 1.07. The van der Waals surface area contributed by atoms with E-state index in [1.165, 1.54) is 13.0 Å². The minimum atomic E-state index is -0.0686. The van der Waals surface area contributed by atoms with Crippen molar-refractivity contribution in [2.45, 2.75) is 6.92 Å². The van der Waals surface area contributed by atoms with Crippen LogP contribution in [0.5, 0.6) is 0 Å². The van der Waals surface area contributed by atoms with Crippen molar-refractivity contribution in [1.82, 2.24) is 0 Å². The summed E-state index contributed by atoms with van der Waals surface area (Å²) in [4.78, 5) is 21.1. The average Bonchev–Trinajstić information content (AvgIpc) is 2.14. The Morgan fingerprint density at radius 2 is 2.14 bits per heavy atom. The van der Waals surface area contributed by atoms with Gasteiger partial charge in [-0.2, -0.15) is 0 Å². The third-order valence-corrected chi connectivity index (χ3v) is 2.05. The highest BCUT2D eigenvalue weighted by molar-refractivity contribution is 6.34. The van der Waals surface area contributed by atoms with Crippen LogP contribution in [0.4, 0.5) is 0 Å². The number of Topliss-reactive ketones (excluding diaryl/α,β-unsaturated/α-hetero) is 1. The number of rotatable bonds is 3. The number of benzene rings is 1. The summed E-state index contributed by atoms with van der Waals surface area (Å²) in [5.41, 5.74) is 1.29. The van der Waals surface area contributed by atoms with Gasteiger partial charge in [0.2, 0.25) is 0 Å². The molecule has 0 unspecified atom stereocenters. The molecule has 0 radical (unpaired) electrons. The third-order valence-electron chi connectivity index (χ3n) is 1.74. The highest BCUT2D eigenvalue weighted by Gasteiger charge is 2.04. The molecule has 0 N–H and O–H groups in total. The van der Waals surface area contributed by atoms with Crippen LogP contribution in [0.3, 0.4) is 0 Å². The first-order chi connectivity index (χ1) is 6.65. The average molecular weight is 209 g/mol. The van der Waals surface area contributed by atoms with Crippen LogP contribution >= 0.6 is 11.6 Å². The molecule has 0 atom stereocenters. The van der Waals surface area contributed by atoms with Crippen LogP contribution in [0, 0.1) is 0 Å². The first-order valence-corrected chi connectivity index (χ1v) is 4.45. The van der Waals surface area contributed by atoms with E-state index in [0.717, 1.165) is 5.56 Å². The van der Waals surface area contributed by atoms with Crippen molar-refractivity contribution in [3.63, 3.8) is 0 Å². The summed E-state index contributed by atoms with van der Waals surface area (Å²) in [6.07, 6.45) is 3.69. The van der Waals surface area contributed by atoms with Crippen molar-refractivity contribution in [2.75, 3.05) is 0 Å². The van der Waals surface area contributed by atoms with Gasteiger partial charge in [-0.15, -0.1) is 0 Å². The second-order valence-electron chi connectivity index (χ2n) is 2.79. The van der Waals surface area contributed by atoms with Gasteiger partial charge in [0, 0.05) is 5.56 Å². The standard InChI is InChI=1S/C11H9ClO2/c1-8(14)10-5-4-9(3-2-6-13)7-11(10)12/h2-7H,1H3. The molecule has 1 aromatic carbocycles. The minimum absolute atomic E-state index is 0.0686. The maximum absolute atomic E-state index is 11.0. The van der Waals surface area contributed by atoms with Crippen molar-refractivity contribution >= 4 is 29.7 Å². The molecule has 0 aliphatic carbocycles. The summed E-state index contributed by atoms with van der Waals surface area (Å²) in [5.74, 6) is -0.0686. The van der Waals surface area contributed by atoms with Gasteiger partial charge in [-0.05, 0) is 30.7 Å². The molecule has 0 spiro atoms. The molecule has 0 fully saturated rings. The van der Waals surface area contributed by atoms with Crippen LogP contribution in [-0.2, 0) is 4.79 Å². The van der Waals surface area contributed by atoms with Crippen LogP contribution < -0.4 is 0 Å². The second-order valence-corrected chi connectivity index (χ2v) is 3.20. The Labute approximate surface area is 87.2 Å². The smallest absolute Gasteiger partial charge is 0.161 e. The highest BCUT2D eigenvalue weighted by atomic mass is 35.5. The molecule has 0 aliphatic heterocycles. The SMILES string of the molecule is CC(=O)c1ccc(C=CC=O)cc1Cl. The molecule has 2 nitrogen and oxygen atoms in total. The number of aldehydes is 1. The van der Waals surface area contributed by atoms with Gasteiger partial charge in [0.05, 0.1) is 5.02 Å². The zero-order valence-corrected chi connectivity index (χ0v) is 8.41. The maximum Gasteiger partial charge on any atom is 0.161 e. The Hall–Kier alpha value is -1.41. The fourth-order valence-corrected chi connectivity index (χ4v) is 1.39. The molecular formula is C11H9ClO2. The number of carbonyl (C=O) groups is 2. The molecule has 14 heavy (non-hydrogen) atoms. The molecule has 0 saturated carbocycles. The molecule has 0 amide bonds. The topological polar surface area (TPSA) is 34.1 Å². The van der Waals surface area contributed by atoms with Gasteiger partial charge in [-0.3, -0.25) is 9.59 Å². The first-order valence-electron chi connectivity index (χ1n) is 4.07. The molecule has 0 heterocycles. The molecule has 0 aromatic heterocycles. The van der Waals surface area contributed by atoms with E-state index < -0.39 is 0 Å². The lowest BCUT2D eigenvalue weighted by Gasteiger charge is -2.00. The number of hydrogen-bond donors (Lipinski definition) is 0. The summed E-state index contributed by atoms with van der Waals surface area (Å²) in [6.45, 7) is 1.46. The minimum Gasteiger partial charge on any atom is -0.299 e. The van der Waals surface area contributed by atoms with E-state index >= 15 is 0 Å². The Balaban J connectivity index is 3.06. The van der Waals surface area contributed by atoms with Gasteiger partial charge in [-0.1, -0.05) is 23.7 Å². The lowest BCUT2D eigenvalue weighted by atomic mass is 10.1. The summed E-state index contributed by atoms with van der Waals surface area (Å²) >= 11 is 5.86. The fraction of sp³-hybridized carbons (Fsp3) is 0.0909. The normalized spacial score (nSPS) is 10.4. The Morgan fingerprint density at radius 3 is 2.64 bits per heavy atom. The Morgan fingerprint density at radius 1 is 1.43 bits per heavy atom. The van der Waals surface area contributed by atoms with Gasteiger partial charge in [0.15, 0.2) is 5.78 Å². The van der Waals surface area contributed by atoms with Crippen LogP contribution in [-0.4, -0.2) is 12.1 Å². The van der Waals surface area contributed by atoms with Crippen molar-refractivity contribution in [2.24, 2.45) is 0 Å². The van der Waals surface area contributed by atoms with Crippen molar-refractivity contribution in [1.29, 1.82) is 0 Å². The summed E-state index contributed by atoms with van der Waals surface area (Å²) in [6, 6.07) is 5.04. The molecule has 72 valence electrons. The van der Waals surface area contributed by atoms with Gasteiger partial charge in [0.1, 0.15) is 6.29 Å². The highest BCUT2D eigenvalue weighted by Crippen LogP contribution is 2.19. The van der Waals surface area contributed by atoms with E-state index in [9.17, 15) is 9.59 Å². The van der Waals surface area contributed by atoms with Crippen LogP contribution in [0.1, 0.15) is 22.8 Å². The largest absolute Gasteiger partial charge is 0.299 e. The van der Waals surface area contributed by atoms with E-state index in [0.29, 0.717) is 16.9 Å². The van der Waals surface area contributed by atoms with Crippen LogP contribution in [0.2, 0.25) is 5.02 Å². The van der Waals surface area contributed by atoms with E-state index in [2.05, 4.69) is 0 Å². The van der Waals surface area contributed by atoms with Crippen LogP contribution in [0.25, 0.3) is 6.08 Å². The molecule has 0 aliphatic rings. The number of carbonyl (C=O) groups excluding carboxylic acids is 2. The molecule has 3 heteroatoms. The van der Waals surface area contributed by atoms with Crippen molar-refractivity contribution < 1.29 is 9.59 Å². The van der Waals surface area contributed by atoms with E-state index in [4.69, 9.17) is 11.6 Å². The van der Waals surface area contributed by atoms with E-state index in [1.54, 1.807) is 24.3 Å². The summed E-state index contributed by atoms with van der Waals surface area (Å²) in [5, 5.41) is 0.408. The number of allylic oxidation sites excluding steroid dienone is 1. The lowest BCUT2D eigenvalue weighted by Crippen LogP contribution is -1.92. The molecule has 0 saturated heterocycles. The Kier molecular flexibility index (Phi) is 3.60. The number of halogens is 1. The van der Waals surface area contributed by atoms with Crippen molar-refractivity contribution in [3.8, 4) is 0 Å². The maximum atomic E-state index is 11.0. The zero-order valence-electron chi connectivity index (χ0n) is 7.66. The quantitative estimate of drug-likeness (QED) is 0.435. The summed E-state index contributed by atoms with van der Waals surface area (Å²) < 4.78 is 0. The lowest BCUT2D eigenvalue weighted by molar-refractivity contribution is -0.104. The first kappa shape index (κ1) is 10.7. The number of ketones is 1. The monoisotopic (exact) mass is 208 g/mol. The summed E-state index contributed by atoms with van der Waals surface area (Å²) in [7, 11) is 0. The predicted molar refractivity (Wildman–Crippen MR) is 56.6 cm³/mol. The zero-order chi connectivity index (χ0) is 10.6. The van der Waals surface area contributed by atoms with Gasteiger partial charge in [0.25, 0.3) is 0 Å². The Bertz CT molecular complexity index is 394. The second kappa shape index (κ2) is 4.72. The molecular weight excluding hydrogens is 200 g/mol. The third kappa shape index (κ3) is 2.54. The van der Waals surface area contributed by atoms with E-state index in [-0.39, 0.29) is 5.78 Å². The van der Waals surface area contributed by atoms with Crippen molar-refractivity contribution in [3.05, 3.63) is 40.4 Å². The van der Waals surface area contributed by atoms with Crippen LogP contribution in [0.15, 0.2) is 24.3 Å². The molecule has 1 aromatic rings. The predicted octanol–water partition coefficient (Wildman–Crippen LogP) is 2.75. The van der Waals surface area contributed by atoms with Gasteiger partial charge in [-0.25, -0.2) is 0 Å².